The van der Waals surface area contributed by atoms with Crippen LogP contribution < -0.4 is 5.32 Å². The van der Waals surface area contributed by atoms with Gasteiger partial charge >= 0.3 is 0 Å². The normalized spacial score (nSPS) is 25.2. The van der Waals surface area contributed by atoms with Crippen molar-refractivity contribution >= 4 is 10.8 Å². The van der Waals surface area contributed by atoms with Crippen LogP contribution in [0.15, 0.2) is 0 Å². The van der Waals surface area contributed by atoms with Crippen LogP contribution in [-0.2, 0) is 10.8 Å². The maximum absolute atomic E-state index is 11.4. The fourth-order valence-electron chi connectivity index (χ4n) is 2.70. The molecule has 1 heterocycles. The molecule has 0 aromatic carbocycles. The zero-order chi connectivity index (χ0) is 12.9. The van der Waals surface area contributed by atoms with Crippen molar-refractivity contribution in [2.75, 3.05) is 31.6 Å². The van der Waals surface area contributed by atoms with Gasteiger partial charge in [-0.3, -0.25) is 9.11 Å². The lowest BCUT2D eigenvalue weighted by molar-refractivity contribution is 0.166. The van der Waals surface area contributed by atoms with Gasteiger partial charge in [0.15, 0.2) is 0 Å². The Bertz CT molecular complexity index is 254. The van der Waals surface area contributed by atoms with E-state index in [0.717, 1.165) is 25.4 Å². The fraction of sp³-hybridized carbons (Fsp3) is 1.00. The summed E-state index contributed by atoms with van der Waals surface area (Å²) >= 11 is 0. The van der Waals surface area contributed by atoms with Gasteiger partial charge in [-0.1, -0.05) is 13.8 Å². The predicted octanol–water partition coefficient (Wildman–Crippen LogP) is 1.61. The average molecular weight is 260 g/mol. The SMILES string of the molecule is CCC1(CC)CN(C(C)CS(C)=O)CCCN1. The van der Waals surface area contributed by atoms with Crippen molar-refractivity contribution in [2.24, 2.45) is 0 Å². The molecule has 0 amide bonds. The second kappa shape index (κ2) is 6.86. The highest BCUT2D eigenvalue weighted by atomic mass is 32.2. The minimum Gasteiger partial charge on any atom is -0.310 e. The number of hydrogen-bond donors (Lipinski definition) is 1. The average Bonchev–Trinajstić information content (AvgIpc) is 2.51. The van der Waals surface area contributed by atoms with Crippen LogP contribution in [0.3, 0.4) is 0 Å². The molecular weight excluding hydrogens is 232 g/mol. The van der Waals surface area contributed by atoms with E-state index in [0.29, 0.717) is 6.04 Å². The van der Waals surface area contributed by atoms with E-state index in [-0.39, 0.29) is 5.54 Å². The first-order valence-electron chi connectivity index (χ1n) is 6.82. The third-order valence-corrected chi connectivity index (χ3v) is 5.03. The smallest absolute Gasteiger partial charge is 0.0385 e. The minimum absolute atomic E-state index is 0.264. The lowest BCUT2D eigenvalue weighted by Crippen LogP contribution is -2.52. The van der Waals surface area contributed by atoms with Gasteiger partial charge in [-0.15, -0.1) is 0 Å². The molecular formula is C13H28N2OS. The molecule has 0 saturated carbocycles. The molecule has 0 aromatic heterocycles. The van der Waals surface area contributed by atoms with Gasteiger partial charge in [0, 0.05) is 40.9 Å². The largest absolute Gasteiger partial charge is 0.310 e. The van der Waals surface area contributed by atoms with Gasteiger partial charge in [-0.2, -0.15) is 0 Å². The Hall–Kier alpha value is 0.0700. The summed E-state index contributed by atoms with van der Waals surface area (Å²) in [6, 6.07) is 0.429. The third kappa shape index (κ3) is 4.34. The first-order valence-corrected chi connectivity index (χ1v) is 8.55. The van der Waals surface area contributed by atoms with Crippen molar-refractivity contribution in [1.29, 1.82) is 0 Å². The molecule has 3 nitrogen and oxygen atoms in total. The standard InChI is InChI=1S/C13H28N2OS/c1-5-13(6-2)11-15(9-7-8-14-13)12(3)10-17(4)16/h12,14H,5-11H2,1-4H3. The molecule has 4 heteroatoms. The Kier molecular flexibility index (Phi) is 6.10. The van der Waals surface area contributed by atoms with Gasteiger partial charge in [0.05, 0.1) is 0 Å². The molecule has 1 aliphatic rings. The molecule has 0 aromatic rings. The highest BCUT2D eigenvalue weighted by Gasteiger charge is 2.31. The molecule has 1 saturated heterocycles. The molecule has 0 spiro atoms. The summed E-state index contributed by atoms with van der Waals surface area (Å²) in [5.41, 5.74) is 0.264. The summed E-state index contributed by atoms with van der Waals surface area (Å²) in [6.07, 6.45) is 5.34. The molecule has 2 unspecified atom stereocenters. The van der Waals surface area contributed by atoms with Crippen LogP contribution in [0.2, 0.25) is 0 Å². The van der Waals surface area contributed by atoms with Gasteiger partial charge in [-0.25, -0.2) is 0 Å². The van der Waals surface area contributed by atoms with Crippen molar-refractivity contribution in [3.63, 3.8) is 0 Å². The fourth-order valence-corrected chi connectivity index (χ4v) is 3.59. The van der Waals surface area contributed by atoms with Crippen LogP contribution in [-0.4, -0.2) is 52.3 Å². The second-order valence-corrected chi connectivity index (χ2v) is 6.81. The Balaban J connectivity index is 2.68. The van der Waals surface area contributed by atoms with Crippen molar-refractivity contribution < 1.29 is 4.21 Å². The molecule has 1 aliphatic heterocycles. The van der Waals surface area contributed by atoms with Crippen LogP contribution in [0.5, 0.6) is 0 Å². The van der Waals surface area contributed by atoms with Crippen LogP contribution in [0.25, 0.3) is 0 Å². The van der Waals surface area contributed by atoms with Crippen LogP contribution in [0, 0.1) is 0 Å². The van der Waals surface area contributed by atoms with E-state index in [1.165, 1.54) is 19.3 Å². The first-order chi connectivity index (χ1) is 8.03. The maximum atomic E-state index is 11.4. The Morgan fingerprint density at radius 2 is 2.06 bits per heavy atom. The molecule has 0 bridgehead atoms. The van der Waals surface area contributed by atoms with Crippen molar-refractivity contribution in [2.45, 2.75) is 51.6 Å². The summed E-state index contributed by atoms with van der Waals surface area (Å²) in [4.78, 5) is 2.52. The van der Waals surface area contributed by atoms with E-state index >= 15 is 0 Å². The van der Waals surface area contributed by atoms with E-state index in [1.54, 1.807) is 6.26 Å². The van der Waals surface area contributed by atoms with E-state index in [4.69, 9.17) is 0 Å². The Labute approximate surface area is 109 Å². The van der Waals surface area contributed by atoms with Gasteiger partial charge in [0.25, 0.3) is 0 Å². The molecule has 0 radical (unpaired) electrons. The molecule has 2 atom stereocenters. The first kappa shape index (κ1) is 15.1. The quantitative estimate of drug-likeness (QED) is 0.815. The monoisotopic (exact) mass is 260 g/mol. The topological polar surface area (TPSA) is 32.3 Å². The number of hydrogen-bond acceptors (Lipinski definition) is 3. The molecule has 1 fully saturated rings. The third-order valence-electron chi connectivity index (χ3n) is 4.08. The highest BCUT2D eigenvalue weighted by Crippen LogP contribution is 2.21. The van der Waals surface area contributed by atoms with Gasteiger partial charge < -0.3 is 5.32 Å². The zero-order valence-corrected chi connectivity index (χ0v) is 12.6. The molecule has 1 rings (SSSR count). The number of nitrogens with one attached hydrogen (secondary N) is 1. The summed E-state index contributed by atoms with van der Waals surface area (Å²) in [7, 11) is -0.694. The summed E-state index contributed by atoms with van der Waals surface area (Å²) < 4.78 is 11.4. The molecule has 17 heavy (non-hydrogen) atoms. The zero-order valence-electron chi connectivity index (χ0n) is 11.8. The van der Waals surface area contributed by atoms with Crippen LogP contribution >= 0.6 is 0 Å². The van der Waals surface area contributed by atoms with E-state index in [2.05, 4.69) is 31.0 Å². The van der Waals surface area contributed by atoms with E-state index in [9.17, 15) is 4.21 Å². The molecule has 0 aliphatic carbocycles. The summed E-state index contributed by atoms with van der Waals surface area (Å²) in [5, 5.41) is 3.72. The minimum atomic E-state index is -0.694. The summed E-state index contributed by atoms with van der Waals surface area (Å²) in [6.45, 7) is 10.1. The Morgan fingerprint density at radius 3 is 2.59 bits per heavy atom. The highest BCUT2D eigenvalue weighted by molar-refractivity contribution is 7.84. The van der Waals surface area contributed by atoms with E-state index < -0.39 is 10.8 Å². The lowest BCUT2D eigenvalue weighted by atomic mass is 9.92. The van der Waals surface area contributed by atoms with Crippen LogP contribution in [0.1, 0.15) is 40.0 Å². The van der Waals surface area contributed by atoms with Crippen LogP contribution in [0.4, 0.5) is 0 Å². The number of nitrogens with zero attached hydrogens (tertiary/aromatic N) is 1. The van der Waals surface area contributed by atoms with Crippen molar-refractivity contribution in [3.8, 4) is 0 Å². The number of rotatable bonds is 5. The van der Waals surface area contributed by atoms with Gasteiger partial charge in [-0.05, 0) is 39.3 Å². The molecule has 102 valence electrons. The van der Waals surface area contributed by atoms with E-state index in [1.807, 2.05) is 0 Å². The van der Waals surface area contributed by atoms with Gasteiger partial charge in [0.1, 0.15) is 0 Å². The van der Waals surface area contributed by atoms with Crippen molar-refractivity contribution in [1.82, 2.24) is 10.2 Å². The van der Waals surface area contributed by atoms with Crippen molar-refractivity contribution in [3.05, 3.63) is 0 Å². The second-order valence-electron chi connectivity index (χ2n) is 5.33. The predicted molar refractivity (Wildman–Crippen MR) is 75.9 cm³/mol. The maximum Gasteiger partial charge on any atom is 0.0385 e. The summed E-state index contributed by atoms with van der Waals surface area (Å²) in [5.74, 6) is 0.795. The lowest BCUT2D eigenvalue weighted by Gasteiger charge is -2.37. The Morgan fingerprint density at radius 1 is 1.41 bits per heavy atom. The molecule has 1 N–H and O–H groups in total. The van der Waals surface area contributed by atoms with Gasteiger partial charge in [0.2, 0.25) is 0 Å².